The Morgan fingerprint density at radius 1 is 1.31 bits per heavy atom. The second-order valence-corrected chi connectivity index (χ2v) is 5.40. The van der Waals surface area contributed by atoms with Gasteiger partial charge in [0.1, 0.15) is 0 Å². The number of aliphatic hydroxyl groups excluding tert-OH is 1. The molecule has 1 aromatic rings. The summed E-state index contributed by atoms with van der Waals surface area (Å²) in [7, 11) is 0. The third-order valence-electron chi connectivity index (χ3n) is 2.84. The van der Waals surface area contributed by atoms with Crippen molar-refractivity contribution in [3.05, 3.63) is 35.9 Å². The maximum absolute atomic E-state index is 10.1. The molecule has 0 radical (unpaired) electrons. The fourth-order valence-corrected chi connectivity index (χ4v) is 2.52. The van der Waals surface area contributed by atoms with Crippen LogP contribution >= 0.6 is 11.8 Å². The molecule has 0 aromatic heterocycles. The molecule has 1 aromatic carbocycles. The zero-order valence-corrected chi connectivity index (χ0v) is 10.7. The topological polar surface area (TPSA) is 40.5 Å². The second kappa shape index (κ2) is 6.28. The van der Waals surface area contributed by atoms with Crippen LogP contribution in [-0.2, 0) is 5.75 Å². The van der Waals surface area contributed by atoms with Crippen LogP contribution in [0.4, 0.5) is 0 Å². The molecule has 0 heterocycles. The first kappa shape index (κ1) is 13.6. The fraction of sp³-hybridized carbons (Fsp3) is 0.538. The summed E-state index contributed by atoms with van der Waals surface area (Å²) in [6, 6.07) is 10.2. The predicted molar refractivity (Wildman–Crippen MR) is 69.5 cm³/mol. The summed E-state index contributed by atoms with van der Waals surface area (Å²) in [6.45, 7) is 3.67. The molecular formula is C13H20O2S. The number of hydrogen-bond acceptors (Lipinski definition) is 3. The van der Waals surface area contributed by atoms with Crippen LogP contribution in [0.2, 0.25) is 0 Å². The second-order valence-electron chi connectivity index (χ2n) is 4.42. The molecule has 2 nitrogen and oxygen atoms in total. The van der Waals surface area contributed by atoms with Gasteiger partial charge in [-0.15, -0.1) is 0 Å². The summed E-state index contributed by atoms with van der Waals surface area (Å²) in [5.74, 6) is 1.45. The number of aliphatic hydroxyl groups is 2. The Kier molecular flexibility index (Phi) is 5.32. The molecule has 2 atom stereocenters. The van der Waals surface area contributed by atoms with E-state index >= 15 is 0 Å². The van der Waals surface area contributed by atoms with Crippen molar-refractivity contribution in [2.45, 2.75) is 25.2 Å². The Labute approximate surface area is 102 Å². The lowest BCUT2D eigenvalue weighted by atomic mass is 9.94. The van der Waals surface area contributed by atoms with Crippen molar-refractivity contribution in [1.82, 2.24) is 0 Å². The highest BCUT2D eigenvalue weighted by molar-refractivity contribution is 7.98. The molecule has 0 amide bonds. The number of thioether (sulfide) groups is 1. The SMILES string of the molecule is C[C@@H](CO)[C@](C)(O)CSCc1ccccc1. The molecule has 0 fully saturated rings. The van der Waals surface area contributed by atoms with Gasteiger partial charge in [0, 0.05) is 24.0 Å². The van der Waals surface area contributed by atoms with E-state index in [9.17, 15) is 5.11 Å². The first-order chi connectivity index (χ1) is 7.56. The minimum absolute atomic E-state index is 0.0267. The van der Waals surface area contributed by atoms with Gasteiger partial charge >= 0.3 is 0 Å². The molecule has 0 saturated heterocycles. The van der Waals surface area contributed by atoms with E-state index in [1.807, 2.05) is 25.1 Å². The molecule has 0 aliphatic rings. The van der Waals surface area contributed by atoms with E-state index in [0.717, 1.165) is 5.75 Å². The molecule has 0 aliphatic carbocycles. The van der Waals surface area contributed by atoms with Crippen molar-refractivity contribution >= 4 is 11.8 Å². The molecule has 3 heteroatoms. The molecule has 0 aliphatic heterocycles. The normalized spacial score (nSPS) is 16.8. The Hall–Kier alpha value is -0.510. The molecule has 16 heavy (non-hydrogen) atoms. The average molecular weight is 240 g/mol. The number of hydrogen-bond donors (Lipinski definition) is 2. The van der Waals surface area contributed by atoms with E-state index in [4.69, 9.17) is 5.11 Å². The Balaban J connectivity index is 2.35. The number of rotatable bonds is 6. The van der Waals surface area contributed by atoms with Gasteiger partial charge in [0.05, 0.1) is 5.60 Å². The summed E-state index contributed by atoms with van der Waals surface area (Å²) < 4.78 is 0. The largest absolute Gasteiger partial charge is 0.396 e. The summed E-state index contributed by atoms with van der Waals surface area (Å²) in [5.41, 5.74) is 0.466. The van der Waals surface area contributed by atoms with E-state index in [2.05, 4.69) is 12.1 Å². The quantitative estimate of drug-likeness (QED) is 0.801. The van der Waals surface area contributed by atoms with Gasteiger partial charge in [-0.3, -0.25) is 0 Å². The molecule has 2 N–H and O–H groups in total. The van der Waals surface area contributed by atoms with E-state index in [0.29, 0.717) is 5.75 Å². The van der Waals surface area contributed by atoms with Crippen LogP contribution < -0.4 is 0 Å². The third-order valence-corrected chi connectivity index (χ3v) is 4.17. The Bertz CT molecular complexity index is 298. The Morgan fingerprint density at radius 2 is 1.94 bits per heavy atom. The summed E-state index contributed by atoms with van der Waals surface area (Å²) in [6.07, 6.45) is 0. The van der Waals surface area contributed by atoms with Gasteiger partial charge in [-0.2, -0.15) is 11.8 Å². The van der Waals surface area contributed by atoms with Crippen molar-refractivity contribution in [3.63, 3.8) is 0 Å². The smallest absolute Gasteiger partial charge is 0.0757 e. The van der Waals surface area contributed by atoms with Gasteiger partial charge in [-0.05, 0) is 12.5 Å². The molecular weight excluding hydrogens is 220 g/mol. The minimum Gasteiger partial charge on any atom is -0.396 e. The molecule has 0 spiro atoms. The van der Waals surface area contributed by atoms with Crippen LogP contribution in [-0.4, -0.2) is 28.2 Å². The molecule has 0 saturated carbocycles. The van der Waals surface area contributed by atoms with Crippen LogP contribution in [0.5, 0.6) is 0 Å². The maximum atomic E-state index is 10.1. The van der Waals surface area contributed by atoms with Crippen LogP contribution in [0.3, 0.4) is 0 Å². The highest BCUT2D eigenvalue weighted by Crippen LogP contribution is 2.23. The van der Waals surface area contributed by atoms with Gasteiger partial charge in [0.2, 0.25) is 0 Å². The Morgan fingerprint density at radius 3 is 2.50 bits per heavy atom. The standard InChI is InChI=1S/C13H20O2S/c1-11(8-14)13(2,15)10-16-9-12-6-4-3-5-7-12/h3-7,11,14-15H,8-10H2,1-2H3/t11-,13+/m0/s1. The zero-order valence-electron chi connectivity index (χ0n) is 9.89. The lowest BCUT2D eigenvalue weighted by Gasteiger charge is -2.28. The number of benzene rings is 1. The van der Waals surface area contributed by atoms with Gasteiger partial charge in [0.15, 0.2) is 0 Å². The average Bonchev–Trinajstić information content (AvgIpc) is 2.29. The first-order valence-electron chi connectivity index (χ1n) is 5.51. The van der Waals surface area contributed by atoms with Crippen LogP contribution in [0.25, 0.3) is 0 Å². The highest BCUT2D eigenvalue weighted by Gasteiger charge is 2.27. The van der Waals surface area contributed by atoms with E-state index in [1.54, 1.807) is 18.7 Å². The molecule has 1 rings (SSSR count). The fourth-order valence-electron chi connectivity index (χ4n) is 1.29. The van der Waals surface area contributed by atoms with E-state index in [1.165, 1.54) is 5.56 Å². The maximum Gasteiger partial charge on any atom is 0.0757 e. The van der Waals surface area contributed by atoms with Crippen molar-refractivity contribution < 1.29 is 10.2 Å². The van der Waals surface area contributed by atoms with Gasteiger partial charge in [0.25, 0.3) is 0 Å². The van der Waals surface area contributed by atoms with Gasteiger partial charge in [-0.25, -0.2) is 0 Å². The predicted octanol–water partition coefficient (Wildman–Crippen LogP) is 2.30. The van der Waals surface area contributed by atoms with E-state index in [-0.39, 0.29) is 12.5 Å². The summed E-state index contributed by atoms with van der Waals surface area (Å²) in [4.78, 5) is 0. The molecule has 90 valence electrons. The van der Waals surface area contributed by atoms with Crippen molar-refractivity contribution in [3.8, 4) is 0 Å². The lowest BCUT2D eigenvalue weighted by molar-refractivity contribution is 0.00446. The summed E-state index contributed by atoms with van der Waals surface area (Å²) in [5, 5.41) is 19.1. The van der Waals surface area contributed by atoms with Crippen molar-refractivity contribution in [2.75, 3.05) is 12.4 Å². The zero-order chi connectivity index (χ0) is 12.0. The molecule has 0 bridgehead atoms. The van der Waals surface area contributed by atoms with Gasteiger partial charge < -0.3 is 10.2 Å². The van der Waals surface area contributed by atoms with Crippen LogP contribution in [0, 0.1) is 5.92 Å². The lowest BCUT2D eigenvalue weighted by Crippen LogP contribution is -2.37. The molecule has 0 unspecified atom stereocenters. The van der Waals surface area contributed by atoms with Crippen molar-refractivity contribution in [1.29, 1.82) is 0 Å². The summed E-state index contributed by atoms with van der Waals surface area (Å²) >= 11 is 1.70. The van der Waals surface area contributed by atoms with Crippen LogP contribution in [0.15, 0.2) is 30.3 Å². The van der Waals surface area contributed by atoms with Crippen LogP contribution in [0.1, 0.15) is 19.4 Å². The van der Waals surface area contributed by atoms with Gasteiger partial charge in [-0.1, -0.05) is 37.3 Å². The van der Waals surface area contributed by atoms with E-state index < -0.39 is 5.60 Å². The minimum atomic E-state index is -0.797. The van der Waals surface area contributed by atoms with Crippen molar-refractivity contribution in [2.24, 2.45) is 5.92 Å². The third kappa shape index (κ3) is 4.16. The highest BCUT2D eigenvalue weighted by atomic mass is 32.2. The first-order valence-corrected chi connectivity index (χ1v) is 6.66. The monoisotopic (exact) mass is 240 g/mol.